The van der Waals surface area contributed by atoms with Crippen LogP contribution >= 0.6 is 11.3 Å². The number of furan rings is 1. The SMILES string of the molecule is Cc1cc(CN2CCC(C(=O)Nc3cccc(-c4cscn4)c3)CC2)oc1C. The van der Waals surface area contributed by atoms with Crippen molar-refractivity contribution >= 4 is 22.9 Å². The first-order valence-corrected chi connectivity index (χ1v) is 10.6. The van der Waals surface area contributed by atoms with E-state index in [0.29, 0.717) is 0 Å². The summed E-state index contributed by atoms with van der Waals surface area (Å²) in [6.07, 6.45) is 1.74. The molecule has 1 amide bonds. The molecule has 4 rings (SSSR count). The van der Waals surface area contributed by atoms with Gasteiger partial charge in [-0.2, -0.15) is 0 Å². The van der Waals surface area contributed by atoms with Gasteiger partial charge in [0.25, 0.3) is 0 Å². The molecular weight excluding hydrogens is 370 g/mol. The molecule has 0 atom stereocenters. The van der Waals surface area contributed by atoms with Crippen LogP contribution in [-0.2, 0) is 11.3 Å². The quantitative estimate of drug-likeness (QED) is 0.669. The number of benzene rings is 1. The van der Waals surface area contributed by atoms with Crippen molar-refractivity contribution in [1.82, 2.24) is 9.88 Å². The van der Waals surface area contributed by atoms with Crippen LogP contribution < -0.4 is 5.32 Å². The monoisotopic (exact) mass is 395 g/mol. The van der Waals surface area contributed by atoms with E-state index in [1.165, 1.54) is 5.56 Å². The van der Waals surface area contributed by atoms with E-state index >= 15 is 0 Å². The highest BCUT2D eigenvalue weighted by atomic mass is 32.1. The van der Waals surface area contributed by atoms with Gasteiger partial charge >= 0.3 is 0 Å². The maximum atomic E-state index is 12.7. The number of nitrogens with zero attached hydrogens (tertiary/aromatic N) is 2. The van der Waals surface area contributed by atoms with E-state index in [-0.39, 0.29) is 11.8 Å². The number of carbonyl (C=O) groups is 1. The highest BCUT2D eigenvalue weighted by Gasteiger charge is 2.25. The molecule has 0 unspecified atom stereocenters. The van der Waals surface area contributed by atoms with Crippen LogP contribution in [0.25, 0.3) is 11.3 Å². The molecule has 0 aliphatic carbocycles. The predicted molar refractivity (Wildman–Crippen MR) is 112 cm³/mol. The Morgan fingerprint density at radius 2 is 2.11 bits per heavy atom. The number of aromatic nitrogens is 1. The van der Waals surface area contributed by atoms with Gasteiger partial charge in [0.1, 0.15) is 11.5 Å². The van der Waals surface area contributed by atoms with Crippen molar-refractivity contribution in [3.05, 3.63) is 58.3 Å². The van der Waals surface area contributed by atoms with Crippen LogP contribution in [0.4, 0.5) is 5.69 Å². The average molecular weight is 396 g/mol. The summed E-state index contributed by atoms with van der Waals surface area (Å²) in [5, 5.41) is 5.10. The summed E-state index contributed by atoms with van der Waals surface area (Å²) in [7, 11) is 0. The molecule has 1 saturated heterocycles. The fourth-order valence-electron chi connectivity index (χ4n) is 3.66. The van der Waals surface area contributed by atoms with Gasteiger partial charge in [-0.25, -0.2) is 4.98 Å². The maximum absolute atomic E-state index is 12.7. The normalized spacial score (nSPS) is 15.6. The second kappa shape index (κ2) is 8.29. The predicted octanol–water partition coefficient (Wildman–Crippen LogP) is 4.87. The number of anilines is 1. The van der Waals surface area contributed by atoms with E-state index in [9.17, 15) is 4.79 Å². The fraction of sp³-hybridized carbons (Fsp3) is 0.364. The average Bonchev–Trinajstić information content (AvgIpc) is 3.33. The largest absolute Gasteiger partial charge is 0.465 e. The van der Waals surface area contributed by atoms with E-state index in [1.54, 1.807) is 11.3 Å². The van der Waals surface area contributed by atoms with E-state index < -0.39 is 0 Å². The molecule has 0 spiro atoms. The Balaban J connectivity index is 1.31. The zero-order chi connectivity index (χ0) is 19.5. The van der Waals surface area contributed by atoms with Crippen LogP contribution in [0.5, 0.6) is 0 Å². The van der Waals surface area contributed by atoms with Crippen LogP contribution in [0.2, 0.25) is 0 Å². The topological polar surface area (TPSA) is 58.4 Å². The number of amides is 1. The minimum absolute atomic E-state index is 0.0549. The highest BCUT2D eigenvalue weighted by Crippen LogP contribution is 2.25. The standard InChI is InChI=1S/C22H25N3O2S/c1-15-10-20(27-16(15)2)12-25-8-6-17(7-9-25)22(26)24-19-5-3-4-18(11-19)21-13-28-14-23-21/h3-5,10-11,13-14,17H,6-9,12H2,1-2H3,(H,24,26). The van der Waals surface area contributed by atoms with Gasteiger partial charge in [0.15, 0.2) is 0 Å². The Kier molecular flexibility index (Phi) is 5.59. The van der Waals surface area contributed by atoms with Crippen LogP contribution in [-0.4, -0.2) is 28.9 Å². The second-order valence-corrected chi connectivity index (χ2v) is 8.16. The summed E-state index contributed by atoms with van der Waals surface area (Å²) in [4.78, 5) is 19.4. The molecule has 0 saturated carbocycles. The van der Waals surface area contributed by atoms with Crippen molar-refractivity contribution < 1.29 is 9.21 Å². The molecule has 5 nitrogen and oxygen atoms in total. The van der Waals surface area contributed by atoms with Crippen molar-refractivity contribution in [3.8, 4) is 11.3 Å². The van der Waals surface area contributed by atoms with Crippen LogP contribution in [0.1, 0.15) is 29.9 Å². The van der Waals surface area contributed by atoms with Gasteiger partial charge in [0.2, 0.25) is 5.91 Å². The number of rotatable bonds is 5. The number of piperidine rings is 1. The Morgan fingerprint density at radius 3 is 2.79 bits per heavy atom. The summed E-state index contributed by atoms with van der Waals surface area (Å²) in [6.45, 7) is 6.71. The lowest BCUT2D eigenvalue weighted by molar-refractivity contribution is -0.121. The Morgan fingerprint density at radius 1 is 1.29 bits per heavy atom. The van der Waals surface area contributed by atoms with Crippen LogP contribution in [0.3, 0.4) is 0 Å². The third-order valence-electron chi connectivity index (χ3n) is 5.41. The van der Waals surface area contributed by atoms with Gasteiger partial charge < -0.3 is 9.73 Å². The summed E-state index contributed by atoms with van der Waals surface area (Å²) < 4.78 is 5.79. The molecule has 146 valence electrons. The third-order valence-corrected chi connectivity index (χ3v) is 6.00. The summed E-state index contributed by atoms with van der Waals surface area (Å²) >= 11 is 1.57. The summed E-state index contributed by atoms with van der Waals surface area (Å²) in [5.41, 5.74) is 5.82. The van der Waals surface area contributed by atoms with Crippen LogP contribution in [0.15, 0.2) is 45.6 Å². The molecule has 0 radical (unpaired) electrons. The zero-order valence-corrected chi connectivity index (χ0v) is 17.1. The Labute approximate surface area is 169 Å². The molecule has 3 heterocycles. The van der Waals surface area contributed by atoms with E-state index in [0.717, 1.165) is 60.9 Å². The Hall–Kier alpha value is -2.44. The number of carbonyl (C=O) groups excluding carboxylic acids is 1. The molecule has 1 aromatic carbocycles. The van der Waals surface area contributed by atoms with Crippen molar-refractivity contribution in [1.29, 1.82) is 0 Å². The number of hydrogen-bond donors (Lipinski definition) is 1. The molecule has 1 aliphatic heterocycles. The fourth-order valence-corrected chi connectivity index (χ4v) is 4.22. The van der Waals surface area contributed by atoms with E-state index in [2.05, 4.69) is 28.2 Å². The number of thiazole rings is 1. The smallest absolute Gasteiger partial charge is 0.227 e. The lowest BCUT2D eigenvalue weighted by Crippen LogP contribution is -2.37. The molecule has 0 bridgehead atoms. The Bertz CT molecular complexity index is 921. The van der Waals surface area contributed by atoms with E-state index in [4.69, 9.17) is 4.42 Å². The summed E-state index contributed by atoms with van der Waals surface area (Å²) in [5.74, 6) is 2.17. The van der Waals surface area contributed by atoms with Crippen LogP contribution in [0, 0.1) is 19.8 Å². The van der Waals surface area contributed by atoms with Gasteiger partial charge in [-0.05, 0) is 63.5 Å². The molecule has 6 heteroatoms. The molecule has 1 N–H and O–H groups in total. The first-order valence-electron chi connectivity index (χ1n) is 9.66. The van der Waals surface area contributed by atoms with Gasteiger partial charge in [-0.3, -0.25) is 9.69 Å². The third kappa shape index (κ3) is 4.34. The number of nitrogens with one attached hydrogen (secondary N) is 1. The molecule has 1 fully saturated rings. The summed E-state index contributed by atoms with van der Waals surface area (Å²) in [6, 6.07) is 10.0. The highest BCUT2D eigenvalue weighted by molar-refractivity contribution is 7.07. The maximum Gasteiger partial charge on any atom is 0.227 e. The zero-order valence-electron chi connectivity index (χ0n) is 16.3. The van der Waals surface area contributed by atoms with Gasteiger partial charge in [0, 0.05) is 22.5 Å². The first kappa shape index (κ1) is 18.9. The van der Waals surface area contributed by atoms with E-state index in [1.807, 2.05) is 42.1 Å². The lowest BCUT2D eigenvalue weighted by Gasteiger charge is -2.30. The van der Waals surface area contributed by atoms with Crippen molar-refractivity contribution in [2.45, 2.75) is 33.2 Å². The molecule has 2 aromatic heterocycles. The number of hydrogen-bond acceptors (Lipinski definition) is 5. The molecular formula is C22H25N3O2S. The molecule has 28 heavy (non-hydrogen) atoms. The van der Waals surface area contributed by atoms with Crippen molar-refractivity contribution in [3.63, 3.8) is 0 Å². The number of likely N-dealkylation sites (tertiary alicyclic amines) is 1. The minimum Gasteiger partial charge on any atom is -0.465 e. The lowest BCUT2D eigenvalue weighted by atomic mass is 9.95. The van der Waals surface area contributed by atoms with Crippen molar-refractivity contribution in [2.75, 3.05) is 18.4 Å². The molecule has 1 aliphatic rings. The van der Waals surface area contributed by atoms with Crippen molar-refractivity contribution in [2.24, 2.45) is 5.92 Å². The minimum atomic E-state index is 0.0549. The molecule has 3 aromatic rings. The van der Waals surface area contributed by atoms with Gasteiger partial charge in [-0.15, -0.1) is 11.3 Å². The first-order chi connectivity index (χ1) is 13.6. The number of aryl methyl sites for hydroxylation is 2. The second-order valence-electron chi connectivity index (χ2n) is 7.45. The van der Waals surface area contributed by atoms with Gasteiger partial charge in [0.05, 0.1) is 17.7 Å². The van der Waals surface area contributed by atoms with Gasteiger partial charge in [-0.1, -0.05) is 12.1 Å².